The van der Waals surface area contributed by atoms with Gasteiger partial charge in [0.2, 0.25) is 0 Å². The van der Waals surface area contributed by atoms with Gasteiger partial charge in [-0.3, -0.25) is 4.79 Å². The molecule has 0 bridgehead atoms. The van der Waals surface area contributed by atoms with Crippen molar-refractivity contribution in [2.75, 3.05) is 0 Å². The maximum absolute atomic E-state index is 13.1. The summed E-state index contributed by atoms with van der Waals surface area (Å²) in [6.45, 7) is 3.42. The van der Waals surface area contributed by atoms with Gasteiger partial charge in [-0.25, -0.2) is 4.39 Å². The third-order valence-corrected chi connectivity index (χ3v) is 3.63. The average molecular weight is 331 g/mol. The minimum absolute atomic E-state index is 0.230. The maximum atomic E-state index is 13.1. The molecule has 3 unspecified atom stereocenters. The number of benzene rings is 2. The molecule has 2 aromatic carbocycles. The molecule has 0 fully saturated rings. The summed E-state index contributed by atoms with van der Waals surface area (Å²) >= 11 is 0. The zero-order chi connectivity index (χ0) is 17.5. The lowest BCUT2D eigenvalue weighted by Crippen LogP contribution is -2.41. The van der Waals surface area contributed by atoms with Crippen LogP contribution in [0.25, 0.3) is 0 Å². The Morgan fingerprint density at radius 1 is 1.17 bits per heavy atom. The molecule has 3 atom stereocenters. The molecular formula is C19H22FNO3. The minimum atomic E-state index is -0.761. The predicted octanol–water partition coefficient (Wildman–Crippen LogP) is 3.22. The van der Waals surface area contributed by atoms with E-state index in [2.05, 4.69) is 5.32 Å². The molecule has 0 aromatic heterocycles. The first kappa shape index (κ1) is 17.9. The molecule has 0 radical (unpaired) electrons. The molecule has 24 heavy (non-hydrogen) atoms. The molecule has 0 saturated heterocycles. The fourth-order valence-corrected chi connectivity index (χ4v) is 2.36. The standard InChI is InChI=1S/C19H22FNO3/c1-13(11-18(22)15-7-4-3-5-8-15)21-19(23)14(2)24-17-10-6-9-16(20)12-17/h3-10,12-14,18,22H,11H2,1-2H3,(H,21,23). The van der Waals surface area contributed by atoms with Gasteiger partial charge >= 0.3 is 0 Å². The van der Waals surface area contributed by atoms with Gasteiger partial charge in [0.1, 0.15) is 11.6 Å². The summed E-state index contributed by atoms with van der Waals surface area (Å²) in [5.41, 5.74) is 0.808. The number of aliphatic hydroxyl groups excluding tert-OH is 1. The van der Waals surface area contributed by atoms with Gasteiger partial charge in [-0.1, -0.05) is 36.4 Å². The topological polar surface area (TPSA) is 58.6 Å². The molecule has 5 heteroatoms. The van der Waals surface area contributed by atoms with Gasteiger partial charge in [0.05, 0.1) is 6.10 Å². The molecule has 0 heterocycles. The Hall–Kier alpha value is -2.40. The van der Waals surface area contributed by atoms with Crippen LogP contribution in [0.5, 0.6) is 5.75 Å². The fourth-order valence-electron chi connectivity index (χ4n) is 2.36. The quantitative estimate of drug-likeness (QED) is 0.819. The molecule has 2 rings (SSSR count). The maximum Gasteiger partial charge on any atom is 0.260 e. The van der Waals surface area contributed by atoms with Gasteiger partial charge < -0.3 is 15.2 Å². The summed E-state index contributed by atoms with van der Waals surface area (Å²) in [6, 6.07) is 14.7. The Morgan fingerprint density at radius 2 is 1.88 bits per heavy atom. The Bertz CT molecular complexity index is 663. The number of nitrogens with one attached hydrogen (secondary N) is 1. The van der Waals surface area contributed by atoms with E-state index in [0.717, 1.165) is 5.56 Å². The molecular weight excluding hydrogens is 309 g/mol. The summed E-state index contributed by atoms with van der Waals surface area (Å²) in [4.78, 5) is 12.1. The van der Waals surface area contributed by atoms with Crippen LogP contribution in [-0.2, 0) is 4.79 Å². The Kier molecular flexibility index (Phi) is 6.32. The SMILES string of the molecule is CC(CC(O)c1ccccc1)NC(=O)C(C)Oc1cccc(F)c1. The number of carbonyl (C=O) groups is 1. The zero-order valence-corrected chi connectivity index (χ0v) is 13.8. The van der Waals surface area contributed by atoms with Crippen molar-refractivity contribution in [3.05, 3.63) is 66.0 Å². The van der Waals surface area contributed by atoms with E-state index in [4.69, 9.17) is 4.74 Å². The van der Waals surface area contributed by atoms with Crippen molar-refractivity contribution < 1.29 is 19.0 Å². The first-order valence-corrected chi connectivity index (χ1v) is 7.91. The fraction of sp³-hybridized carbons (Fsp3) is 0.316. The van der Waals surface area contributed by atoms with E-state index in [1.165, 1.54) is 18.2 Å². The summed E-state index contributed by atoms with van der Waals surface area (Å²) in [5, 5.41) is 13.0. The van der Waals surface area contributed by atoms with Crippen molar-refractivity contribution >= 4 is 5.91 Å². The Morgan fingerprint density at radius 3 is 2.54 bits per heavy atom. The number of carbonyl (C=O) groups excluding carboxylic acids is 1. The minimum Gasteiger partial charge on any atom is -0.481 e. The van der Waals surface area contributed by atoms with Crippen LogP contribution in [0.4, 0.5) is 4.39 Å². The molecule has 2 N–H and O–H groups in total. The normalized spacial score (nSPS) is 14.5. The van der Waals surface area contributed by atoms with E-state index < -0.39 is 18.0 Å². The van der Waals surface area contributed by atoms with Gasteiger partial charge in [-0.15, -0.1) is 0 Å². The Labute approximate surface area is 141 Å². The smallest absolute Gasteiger partial charge is 0.260 e. The van der Waals surface area contributed by atoms with Crippen LogP contribution in [0.1, 0.15) is 31.9 Å². The average Bonchev–Trinajstić information content (AvgIpc) is 2.55. The van der Waals surface area contributed by atoms with Crippen molar-refractivity contribution in [1.82, 2.24) is 5.32 Å². The molecule has 2 aromatic rings. The summed E-state index contributed by atoms with van der Waals surface area (Å²) in [6.07, 6.45) is -1.02. The second-order valence-electron chi connectivity index (χ2n) is 5.79. The van der Waals surface area contributed by atoms with Crippen LogP contribution in [0, 0.1) is 5.82 Å². The number of ether oxygens (including phenoxy) is 1. The van der Waals surface area contributed by atoms with Gasteiger partial charge in [0, 0.05) is 12.1 Å². The van der Waals surface area contributed by atoms with E-state index in [1.54, 1.807) is 13.0 Å². The number of hydrogen-bond acceptors (Lipinski definition) is 3. The summed E-state index contributed by atoms with van der Waals surface area (Å²) < 4.78 is 18.6. The lowest BCUT2D eigenvalue weighted by atomic mass is 10.0. The second-order valence-corrected chi connectivity index (χ2v) is 5.79. The lowest BCUT2D eigenvalue weighted by Gasteiger charge is -2.21. The molecule has 1 amide bonds. The predicted molar refractivity (Wildman–Crippen MR) is 90.1 cm³/mol. The van der Waals surface area contributed by atoms with E-state index in [1.807, 2.05) is 37.3 Å². The number of aliphatic hydroxyl groups is 1. The Balaban J connectivity index is 1.84. The van der Waals surface area contributed by atoms with Crippen LogP contribution in [0.3, 0.4) is 0 Å². The molecule has 128 valence electrons. The van der Waals surface area contributed by atoms with Gasteiger partial charge in [0.25, 0.3) is 5.91 Å². The first-order chi connectivity index (χ1) is 11.5. The number of halogens is 1. The highest BCUT2D eigenvalue weighted by molar-refractivity contribution is 5.80. The number of rotatable bonds is 7. The summed E-state index contributed by atoms with van der Waals surface area (Å²) in [5.74, 6) is -0.430. The molecule has 0 spiro atoms. The second kappa shape index (κ2) is 8.45. The van der Waals surface area contributed by atoms with Gasteiger partial charge in [-0.2, -0.15) is 0 Å². The van der Waals surface area contributed by atoms with E-state index in [0.29, 0.717) is 12.2 Å². The number of amides is 1. The van der Waals surface area contributed by atoms with Crippen molar-refractivity contribution in [3.8, 4) is 5.75 Å². The first-order valence-electron chi connectivity index (χ1n) is 7.91. The molecule has 0 aliphatic rings. The molecule has 0 aliphatic carbocycles. The van der Waals surface area contributed by atoms with Crippen LogP contribution in [0.15, 0.2) is 54.6 Å². The molecule has 0 saturated carbocycles. The van der Waals surface area contributed by atoms with Gasteiger partial charge in [-0.05, 0) is 38.0 Å². The lowest BCUT2D eigenvalue weighted by molar-refractivity contribution is -0.128. The van der Waals surface area contributed by atoms with E-state index in [-0.39, 0.29) is 11.9 Å². The van der Waals surface area contributed by atoms with E-state index in [9.17, 15) is 14.3 Å². The zero-order valence-electron chi connectivity index (χ0n) is 13.8. The third-order valence-electron chi connectivity index (χ3n) is 3.63. The third kappa shape index (κ3) is 5.35. The van der Waals surface area contributed by atoms with Crippen LogP contribution >= 0.6 is 0 Å². The van der Waals surface area contributed by atoms with Gasteiger partial charge in [0.15, 0.2) is 6.10 Å². The summed E-state index contributed by atoms with van der Waals surface area (Å²) in [7, 11) is 0. The molecule has 4 nitrogen and oxygen atoms in total. The largest absolute Gasteiger partial charge is 0.481 e. The number of hydrogen-bond donors (Lipinski definition) is 2. The van der Waals surface area contributed by atoms with Crippen molar-refractivity contribution in [1.29, 1.82) is 0 Å². The van der Waals surface area contributed by atoms with Crippen LogP contribution in [-0.4, -0.2) is 23.2 Å². The van der Waals surface area contributed by atoms with Crippen molar-refractivity contribution in [2.24, 2.45) is 0 Å². The van der Waals surface area contributed by atoms with Crippen LogP contribution in [0.2, 0.25) is 0 Å². The van der Waals surface area contributed by atoms with Crippen LogP contribution < -0.4 is 10.1 Å². The van der Waals surface area contributed by atoms with E-state index >= 15 is 0 Å². The highest BCUT2D eigenvalue weighted by Gasteiger charge is 2.19. The van der Waals surface area contributed by atoms with Crippen molar-refractivity contribution in [3.63, 3.8) is 0 Å². The monoisotopic (exact) mass is 331 g/mol. The highest BCUT2D eigenvalue weighted by atomic mass is 19.1. The highest BCUT2D eigenvalue weighted by Crippen LogP contribution is 2.18. The van der Waals surface area contributed by atoms with Crippen molar-refractivity contribution in [2.45, 2.75) is 38.5 Å². The molecule has 0 aliphatic heterocycles.